The van der Waals surface area contributed by atoms with Crippen molar-refractivity contribution < 1.29 is 9.84 Å². The highest BCUT2D eigenvalue weighted by Crippen LogP contribution is 2.25. The van der Waals surface area contributed by atoms with Gasteiger partial charge in [-0.05, 0) is 30.5 Å². The summed E-state index contributed by atoms with van der Waals surface area (Å²) in [6.45, 7) is 4.09. The fourth-order valence-electron chi connectivity index (χ4n) is 2.00. The van der Waals surface area contributed by atoms with E-state index in [1.54, 1.807) is 0 Å². The zero-order valence-electron chi connectivity index (χ0n) is 10.8. The quantitative estimate of drug-likeness (QED) is 0.711. The van der Waals surface area contributed by atoms with Gasteiger partial charge in [-0.2, -0.15) is 0 Å². The largest absolute Gasteiger partial charge is 0.472 e. The predicted molar refractivity (Wildman–Crippen MR) is 72.4 cm³/mol. The average Bonchev–Trinajstić information content (AvgIpc) is 2.77. The van der Waals surface area contributed by atoms with E-state index < -0.39 is 12.3 Å². The molecule has 2 rings (SSSR count). The van der Waals surface area contributed by atoms with Crippen LogP contribution in [0.5, 0.6) is 5.75 Å². The molecular weight excluding hydrogens is 228 g/mol. The second-order valence-corrected chi connectivity index (χ2v) is 4.97. The number of fused-ring (bicyclic) bond motifs is 1. The number of aromatic amines is 1. The highest BCUT2D eigenvalue weighted by atomic mass is 16.5. The molecule has 18 heavy (non-hydrogen) atoms. The molecule has 2 unspecified atom stereocenters. The number of nitrogens with one attached hydrogen (secondary N) is 1. The van der Waals surface area contributed by atoms with E-state index in [4.69, 9.17) is 10.5 Å². The van der Waals surface area contributed by atoms with Crippen molar-refractivity contribution in [3.8, 4) is 5.75 Å². The molecule has 2 atom stereocenters. The van der Waals surface area contributed by atoms with Gasteiger partial charge in [0.2, 0.25) is 0 Å². The van der Waals surface area contributed by atoms with Crippen molar-refractivity contribution in [1.29, 1.82) is 0 Å². The molecule has 0 saturated heterocycles. The number of nitrogens with two attached hydrogens (primary N) is 1. The van der Waals surface area contributed by atoms with E-state index >= 15 is 0 Å². The molecule has 4 nitrogen and oxygen atoms in total. The maximum absolute atomic E-state index is 9.91. The van der Waals surface area contributed by atoms with Crippen molar-refractivity contribution in [2.45, 2.75) is 32.6 Å². The van der Waals surface area contributed by atoms with Crippen LogP contribution >= 0.6 is 0 Å². The molecule has 4 N–H and O–H groups in total. The Hall–Kier alpha value is -1.52. The summed E-state index contributed by atoms with van der Waals surface area (Å²) in [6, 6.07) is 7.66. The Bertz CT molecular complexity index is 507. The third kappa shape index (κ3) is 2.83. The number of ether oxygens (including phenoxy) is 1. The van der Waals surface area contributed by atoms with Gasteiger partial charge in [-0.3, -0.25) is 5.73 Å². The fraction of sp³-hybridized carbons (Fsp3) is 0.429. The summed E-state index contributed by atoms with van der Waals surface area (Å²) in [5, 5.41) is 10.9. The Morgan fingerprint density at radius 2 is 2.11 bits per heavy atom. The van der Waals surface area contributed by atoms with Crippen molar-refractivity contribution in [2.75, 3.05) is 0 Å². The Morgan fingerprint density at radius 1 is 1.33 bits per heavy atom. The first-order valence-corrected chi connectivity index (χ1v) is 6.24. The molecule has 1 heterocycles. The number of hydrogen-bond donors (Lipinski definition) is 3. The summed E-state index contributed by atoms with van der Waals surface area (Å²) in [5.41, 5.74) is 6.87. The lowest BCUT2D eigenvalue weighted by Gasteiger charge is -2.22. The van der Waals surface area contributed by atoms with Crippen LogP contribution in [0.3, 0.4) is 0 Å². The standard InChI is InChI=1S/C14H20N2O2/c1-9(2)8-12(17)14(15)18-13-5-3-4-11-10(13)6-7-16-11/h3-7,9,12,14,16-17H,8,15H2,1-2H3. The van der Waals surface area contributed by atoms with Gasteiger partial charge in [-0.25, -0.2) is 0 Å². The van der Waals surface area contributed by atoms with Gasteiger partial charge >= 0.3 is 0 Å². The van der Waals surface area contributed by atoms with Crippen LogP contribution < -0.4 is 10.5 Å². The van der Waals surface area contributed by atoms with Crippen LogP contribution in [0.2, 0.25) is 0 Å². The summed E-state index contributed by atoms with van der Waals surface area (Å²) < 4.78 is 5.66. The van der Waals surface area contributed by atoms with Crippen LogP contribution in [0.1, 0.15) is 20.3 Å². The van der Waals surface area contributed by atoms with E-state index in [1.165, 1.54) is 0 Å². The Balaban J connectivity index is 2.11. The van der Waals surface area contributed by atoms with E-state index in [0.717, 1.165) is 10.9 Å². The van der Waals surface area contributed by atoms with E-state index in [9.17, 15) is 5.11 Å². The second kappa shape index (κ2) is 5.42. The summed E-state index contributed by atoms with van der Waals surface area (Å²) in [4.78, 5) is 3.11. The predicted octanol–water partition coefficient (Wildman–Crippen LogP) is 2.24. The SMILES string of the molecule is CC(C)CC(O)C(N)Oc1cccc2[nH]ccc12. The topological polar surface area (TPSA) is 71.3 Å². The minimum Gasteiger partial charge on any atom is -0.472 e. The number of rotatable bonds is 5. The lowest BCUT2D eigenvalue weighted by molar-refractivity contribution is 0.0277. The van der Waals surface area contributed by atoms with Crippen LogP contribution in [-0.2, 0) is 0 Å². The van der Waals surface area contributed by atoms with Gasteiger partial charge < -0.3 is 14.8 Å². The van der Waals surface area contributed by atoms with Crippen LogP contribution in [0.4, 0.5) is 0 Å². The van der Waals surface area contributed by atoms with Crippen LogP contribution in [0.15, 0.2) is 30.5 Å². The summed E-state index contributed by atoms with van der Waals surface area (Å²) in [5.74, 6) is 1.08. The molecule has 98 valence electrons. The zero-order valence-corrected chi connectivity index (χ0v) is 10.8. The molecule has 0 radical (unpaired) electrons. The first-order valence-electron chi connectivity index (χ1n) is 6.24. The number of aliphatic hydroxyl groups is 1. The van der Waals surface area contributed by atoms with Crippen molar-refractivity contribution in [1.82, 2.24) is 4.98 Å². The smallest absolute Gasteiger partial charge is 0.173 e. The molecule has 2 aromatic rings. The minimum atomic E-state index is -0.701. The van der Waals surface area contributed by atoms with Gasteiger partial charge in [0.25, 0.3) is 0 Å². The molecule has 0 aliphatic rings. The molecule has 1 aromatic heterocycles. The molecule has 1 aromatic carbocycles. The van der Waals surface area contributed by atoms with Crippen molar-refractivity contribution in [3.63, 3.8) is 0 Å². The molecular formula is C14H20N2O2. The number of aromatic nitrogens is 1. The van der Waals surface area contributed by atoms with Gasteiger partial charge in [-0.15, -0.1) is 0 Å². The third-order valence-corrected chi connectivity index (χ3v) is 2.91. The third-order valence-electron chi connectivity index (χ3n) is 2.91. The maximum atomic E-state index is 9.91. The maximum Gasteiger partial charge on any atom is 0.173 e. The van der Waals surface area contributed by atoms with Crippen LogP contribution in [-0.4, -0.2) is 22.4 Å². The molecule has 0 fully saturated rings. The Labute approximate surface area is 107 Å². The molecule has 0 aliphatic heterocycles. The van der Waals surface area contributed by atoms with Crippen LogP contribution in [0.25, 0.3) is 10.9 Å². The lowest BCUT2D eigenvalue weighted by atomic mass is 10.1. The van der Waals surface area contributed by atoms with E-state index in [-0.39, 0.29) is 0 Å². The van der Waals surface area contributed by atoms with Gasteiger partial charge in [0, 0.05) is 17.1 Å². The molecule has 0 saturated carbocycles. The number of hydrogen-bond acceptors (Lipinski definition) is 3. The van der Waals surface area contributed by atoms with Gasteiger partial charge in [0.1, 0.15) is 11.9 Å². The first kappa shape index (κ1) is 12.9. The molecule has 0 spiro atoms. The van der Waals surface area contributed by atoms with Crippen molar-refractivity contribution in [3.05, 3.63) is 30.5 Å². The highest BCUT2D eigenvalue weighted by Gasteiger charge is 2.18. The molecule has 0 bridgehead atoms. The van der Waals surface area contributed by atoms with Gasteiger partial charge in [0.15, 0.2) is 6.23 Å². The number of aliphatic hydroxyl groups excluding tert-OH is 1. The molecule has 4 heteroatoms. The number of benzene rings is 1. The summed E-state index contributed by atoms with van der Waals surface area (Å²) >= 11 is 0. The van der Waals surface area contributed by atoms with Crippen molar-refractivity contribution >= 4 is 10.9 Å². The monoisotopic (exact) mass is 248 g/mol. The fourth-order valence-corrected chi connectivity index (χ4v) is 2.00. The Morgan fingerprint density at radius 3 is 2.83 bits per heavy atom. The first-order chi connectivity index (χ1) is 8.58. The van der Waals surface area contributed by atoms with Crippen molar-refractivity contribution in [2.24, 2.45) is 11.7 Å². The summed E-state index contributed by atoms with van der Waals surface area (Å²) in [6.07, 6.45) is 1.13. The second-order valence-electron chi connectivity index (χ2n) is 4.97. The van der Waals surface area contributed by atoms with Gasteiger partial charge in [-0.1, -0.05) is 19.9 Å². The highest BCUT2D eigenvalue weighted by molar-refractivity contribution is 5.85. The Kier molecular flexibility index (Phi) is 3.89. The lowest BCUT2D eigenvalue weighted by Crippen LogP contribution is -2.40. The summed E-state index contributed by atoms with van der Waals surface area (Å²) in [7, 11) is 0. The normalized spacial score (nSPS) is 14.9. The molecule has 0 aliphatic carbocycles. The van der Waals surface area contributed by atoms with E-state index in [0.29, 0.717) is 18.1 Å². The van der Waals surface area contributed by atoms with Gasteiger partial charge in [0.05, 0.1) is 0 Å². The minimum absolute atomic E-state index is 0.387. The van der Waals surface area contributed by atoms with E-state index in [2.05, 4.69) is 4.98 Å². The zero-order chi connectivity index (χ0) is 13.1. The van der Waals surface area contributed by atoms with Crippen LogP contribution in [0, 0.1) is 5.92 Å². The average molecular weight is 248 g/mol. The van der Waals surface area contributed by atoms with E-state index in [1.807, 2.05) is 44.3 Å². The number of H-pyrrole nitrogens is 1. The molecule has 0 amide bonds.